The van der Waals surface area contributed by atoms with Gasteiger partial charge in [-0.15, -0.1) is 12.4 Å². The average Bonchev–Trinajstić information content (AvgIpc) is 3.87. The first-order valence-corrected chi connectivity index (χ1v) is 16.8. The third-order valence-electron chi connectivity index (χ3n) is 9.83. The molecule has 4 aromatic heterocycles. The van der Waals surface area contributed by atoms with Crippen LogP contribution in [-0.2, 0) is 13.0 Å². The van der Waals surface area contributed by atoms with E-state index in [0.29, 0.717) is 63.0 Å². The zero-order valence-corrected chi connectivity index (χ0v) is 29.2. The van der Waals surface area contributed by atoms with Crippen molar-refractivity contribution < 1.29 is 24.2 Å². The number of fused-ring (bicyclic) bond motifs is 4. The van der Waals surface area contributed by atoms with Crippen LogP contribution >= 0.6 is 12.4 Å². The second kappa shape index (κ2) is 12.8. The largest absolute Gasteiger partial charge is 0.508 e. The van der Waals surface area contributed by atoms with E-state index in [4.69, 9.17) is 9.47 Å². The normalized spacial score (nSPS) is 14.7. The molecule has 0 aliphatic carbocycles. The van der Waals surface area contributed by atoms with Crippen molar-refractivity contribution in [3.8, 4) is 28.5 Å². The molecule has 52 heavy (non-hydrogen) atoms. The van der Waals surface area contributed by atoms with E-state index >= 15 is 0 Å². The molecule has 0 spiro atoms. The number of ether oxygens (including phenoxy) is 2. The summed E-state index contributed by atoms with van der Waals surface area (Å²) in [7, 11) is 0. The van der Waals surface area contributed by atoms with Crippen LogP contribution in [0.1, 0.15) is 44.5 Å². The van der Waals surface area contributed by atoms with Crippen molar-refractivity contribution in [2.45, 2.75) is 32.9 Å². The maximum Gasteiger partial charge on any atom is 0.265 e. The number of phenolic OH excluding ortho intramolecular Hbond substituents is 1. The lowest BCUT2D eigenvalue weighted by molar-refractivity contribution is 0.0658. The Balaban J connectivity index is 0.00000387. The molecule has 11 heteroatoms. The number of anilines is 2. The fraction of sp³-hybridized carbons (Fsp3) is 0.146. The number of aromatic hydroxyl groups is 1. The van der Waals surface area contributed by atoms with Gasteiger partial charge in [-0.3, -0.25) is 14.5 Å². The van der Waals surface area contributed by atoms with Gasteiger partial charge >= 0.3 is 0 Å². The average molecular weight is 712 g/mol. The molecule has 10 nitrogen and oxygen atoms in total. The van der Waals surface area contributed by atoms with Gasteiger partial charge in [0.2, 0.25) is 6.79 Å². The number of halogens is 1. The molecule has 2 aliphatic rings. The number of amides is 2. The van der Waals surface area contributed by atoms with Crippen LogP contribution in [0, 0.1) is 6.92 Å². The predicted molar refractivity (Wildman–Crippen MR) is 200 cm³/mol. The lowest BCUT2D eigenvalue weighted by Gasteiger charge is -2.35. The van der Waals surface area contributed by atoms with Gasteiger partial charge < -0.3 is 28.3 Å². The number of phenols is 1. The van der Waals surface area contributed by atoms with Gasteiger partial charge in [0.25, 0.3) is 11.8 Å². The lowest BCUT2D eigenvalue weighted by atomic mass is 9.93. The van der Waals surface area contributed by atoms with E-state index in [2.05, 4.69) is 24.0 Å². The number of imidazole rings is 1. The topological polar surface area (TPSA) is 101 Å². The Morgan fingerprint density at radius 3 is 2.40 bits per heavy atom. The molecule has 260 valence electrons. The molecule has 0 saturated heterocycles. The third kappa shape index (κ3) is 5.48. The molecule has 7 aromatic rings. The quantitative estimate of drug-likeness (QED) is 0.194. The van der Waals surface area contributed by atoms with E-state index in [-0.39, 0.29) is 42.8 Å². The molecular formula is C41H34ClN5O5. The second-order valence-corrected chi connectivity index (χ2v) is 13.1. The van der Waals surface area contributed by atoms with E-state index in [1.165, 1.54) is 5.56 Å². The van der Waals surface area contributed by atoms with Gasteiger partial charge in [-0.25, -0.2) is 4.98 Å². The van der Waals surface area contributed by atoms with Gasteiger partial charge in [0, 0.05) is 48.5 Å². The van der Waals surface area contributed by atoms with E-state index < -0.39 is 0 Å². The van der Waals surface area contributed by atoms with Gasteiger partial charge in [-0.1, -0.05) is 30.3 Å². The number of pyridine rings is 2. The predicted octanol–water partition coefficient (Wildman–Crippen LogP) is 7.98. The Hall–Kier alpha value is -6.26. The molecule has 2 aliphatic heterocycles. The Labute approximate surface area is 305 Å². The van der Waals surface area contributed by atoms with Gasteiger partial charge in [0.15, 0.2) is 11.5 Å². The summed E-state index contributed by atoms with van der Waals surface area (Å²) < 4.78 is 15.4. The molecule has 2 amide bonds. The van der Waals surface area contributed by atoms with Gasteiger partial charge in [-0.2, -0.15) is 0 Å². The zero-order valence-electron chi connectivity index (χ0n) is 28.4. The molecule has 6 heterocycles. The zero-order chi connectivity index (χ0) is 34.8. The molecule has 0 radical (unpaired) electrons. The van der Waals surface area contributed by atoms with Crippen LogP contribution in [0.3, 0.4) is 0 Å². The van der Waals surface area contributed by atoms with Crippen LogP contribution in [0.15, 0.2) is 116 Å². The smallest absolute Gasteiger partial charge is 0.265 e. The summed E-state index contributed by atoms with van der Waals surface area (Å²) in [5, 5.41) is 10.1. The number of aryl methyl sites for hydroxylation is 1. The highest BCUT2D eigenvalue weighted by Crippen LogP contribution is 2.42. The van der Waals surface area contributed by atoms with Crippen molar-refractivity contribution in [2.24, 2.45) is 0 Å². The monoisotopic (exact) mass is 711 g/mol. The van der Waals surface area contributed by atoms with Crippen LogP contribution in [-0.4, -0.2) is 48.4 Å². The number of benzene rings is 3. The number of rotatable bonds is 5. The van der Waals surface area contributed by atoms with Crippen LogP contribution in [0.2, 0.25) is 0 Å². The number of carbonyl (C=O) groups is 2. The highest BCUT2D eigenvalue weighted by molar-refractivity contribution is 6.16. The summed E-state index contributed by atoms with van der Waals surface area (Å²) in [5.74, 6) is 0.712. The van der Waals surface area contributed by atoms with Crippen LogP contribution in [0.4, 0.5) is 11.4 Å². The van der Waals surface area contributed by atoms with Gasteiger partial charge in [-0.05, 0) is 92.1 Å². The molecule has 0 saturated carbocycles. The van der Waals surface area contributed by atoms with Crippen molar-refractivity contribution in [1.29, 1.82) is 0 Å². The number of aromatic nitrogens is 3. The first-order valence-electron chi connectivity index (χ1n) is 16.8. The lowest BCUT2D eigenvalue weighted by Crippen LogP contribution is -2.42. The summed E-state index contributed by atoms with van der Waals surface area (Å²) in [5.41, 5.74) is 7.95. The van der Waals surface area contributed by atoms with E-state index in [9.17, 15) is 14.7 Å². The number of carbonyl (C=O) groups excluding carboxylic acids is 2. The van der Waals surface area contributed by atoms with Crippen molar-refractivity contribution in [3.63, 3.8) is 0 Å². The molecular weight excluding hydrogens is 678 g/mol. The number of hydrogen-bond acceptors (Lipinski definition) is 6. The standard InChI is InChI=1S/C41H33N5O5.ClH/c1-25-22-43-16-14-30(18-39(43)42-25)46(29-10-12-31(47)13-11-29)41(49)34-19-36(44-15-6-5-9-35(34)44)32-20-37-38(51-24-50-37)21-33(32)40(48)45-23-28-8-4-3-7-27(28)17-26(45)2;/h3-16,18-22,26,47H,17,23-24H2,1-2H3;1H/t26-;/m1./s1. The van der Waals surface area contributed by atoms with E-state index in [0.717, 1.165) is 17.7 Å². The highest BCUT2D eigenvalue weighted by atomic mass is 35.5. The summed E-state index contributed by atoms with van der Waals surface area (Å²) in [6, 6.07) is 29.6. The minimum Gasteiger partial charge on any atom is -0.508 e. The van der Waals surface area contributed by atoms with E-state index in [1.807, 2.05) is 93.8 Å². The van der Waals surface area contributed by atoms with Crippen molar-refractivity contribution >= 4 is 46.8 Å². The molecule has 0 bridgehead atoms. The highest BCUT2D eigenvalue weighted by Gasteiger charge is 2.33. The first kappa shape index (κ1) is 32.9. The molecule has 1 atom stereocenters. The number of hydrogen-bond donors (Lipinski definition) is 1. The van der Waals surface area contributed by atoms with Crippen LogP contribution < -0.4 is 14.4 Å². The molecule has 9 rings (SSSR count). The SMILES string of the molecule is Cc1cn2ccc(N(C(=O)c3cc(-c4cc5c(cc4C(=O)N4Cc6ccccc6C[C@H]4C)OCO5)n4ccccc34)c3ccc(O)cc3)cc2n1.Cl. The van der Waals surface area contributed by atoms with E-state index in [1.54, 1.807) is 35.2 Å². The second-order valence-electron chi connectivity index (χ2n) is 13.1. The fourth-order valence-corrected chi connectivity index (χ4v) is 7.31. The Morgan fingerprint density at radius 1 is 0.846 bits per heavy atom. The molecule has 1 N–H and O–H groups in total. The molecule has 0 unspecified atom stereocenters. The first-order chi connectivity index (χ1) is 24.8. The maximum atomic E-state index is 14.9. The Bertz CT molecular complexity index is 2520. The molecule has 3 aromatic carbocycles. The minimum atomic E-state index is -0.293. The maximum absolute atomic E-state index is 14.9. The summed E-state index contributed by atoms with van der Waals surface area (Å²) in [6.07, 6.45) is 6.45. The van der Waals surface area contributed by atoms with Gasteiger partial charge in [0.1, 0.15) is 11.4 Å². The van der Waals surface area contributed by atoms with Crippen molar-refractivity contribution in [2.75, 3.05) is 11.7 Å². The van der Waals surface area contributed by atoms with Crippen LogP contribution in [0.5, 0.6) is 17.2 Å². The van der Waals surface area contributed by atoms with Crippen molar-refractivity contribution in [3.05, 3.63) is 144 Å². The fourth-order valence-electron chi connectivity index (χ4n) is 7.31. The Morgan fingerprint density at radius 2 is 1.60 bits per heavy atom. The summed E-state index contributed by atoms with van der Waals surface area (Å²) in [6.45, 7) is 4.54. The Kier molecular flexibility index (Phi) is 8.11. The molecule has 0 fully saturated rings. The van der Waals surface area contributed by atoms with Gasteiger partial charge in [0.05, 0.1) is 33.7 Å². The van der Waals surface area contributed by atoms with Crippen molar-refractivity contribution in [1.82, 2.24) is 18.7 Å². The van der Waals surface area contributed by atoms with Crippen LogP contribution in [0.25, 0.3) is 22.4 Å². The summed E-state index contributed by atoms with van der Waals surface area (Å²) in [4.78, 5) is 37.7. The summed E-state index contributed by atoms with van der Waals surface area (Å²) >= 11 is 0. The third-order valence-corrected chi connectivity index (χ3v) is 9.83. The number of nitrogens with zero attached hydrogens (tertiary/aromatic N) is 5. The minimum absolute atomic E-state index is 0.